The highest BCUT2D eigenvalue weighted by molar-refractivity contribution is 6.03. The summed E-state index contributed by atoms with van der Waals surface area (Å²) in [7, 11) is 0. The maximum Gasteiger partial charge on any atom is 0.319 e. The number of carboxylic acid groups (broad SMARTS) is 1. The number of hydrogen-bond donors (Lipinski definition) is 2. The summed E-state index contributed by atoms with van der Waals surface area (Å²) in [4.78, 5) is 24.4. The first-order valence-corrected chi connectivity index (χ1v) is 8.72. The van der Waals surface area contributed by atoms with Crippen LogP contribution in [-0.4, -0.2) is 30.1 Å². The van der Waals surface area contributed by atoms with Crippen molar-refractivity contribution >= 4 is 11.9 Å². The van der Waals surface area contributed by atoms with Crippen molar-refractivity contribution in [1.82, 2.24) is 5.32 Å². The molecule has 0 aromatic heterocycles. The Morgan fingerprint density at radius 1 is 1.25 bits per heavy atom. The average molecular weight is 329 g/mol. The van der Waals surface area contributed by atoms with Gasteiger partial charge in [0, 0.05) is 12.5 Å². The van der Waals surface area contributed by atoms with Crippen molar-refractivity contribution in [3.05, 3.63) is 35.4 Å². The number of nitrogens with one attached hydrogen (secondary N) is 1. The summed E-state index contributed by atoms with van der Waals surface area (Å²) in [5.41, 5.74) is 1.26. The lowest BCUT2D eigenvalue weighted by Crippen LogP contribution is -2.61. The molecule has 24 heavy (non-hydrogen) atoms. The first-order chi connectivity index (χ1) is 11.5. The summed E-state index contributed by atoms with van der Waals surface area (Å²) in [5.74, 6) is -1.21. The molecule has 2 aliphatic carbocycles. The Balaban J connectivity index is 1.42. The number of carbonyl (C=O) groups is 2. The van der Waals surface area contributed by atoms with Gasteiger partial charge in [-0.2, -0.15) is 0 Å². The van der Waals surface area contributed by atoms with Gasteiger partial charge in [0.2, 0.25) is 5.91 Å². The zero-order valence-electron chi connectivity index (χ0n) is 13.7. The van der Waals surface area contributed by atoms with Crippen molar-refractivity contribution in [2.24, 2.45) is 10.8 Å². The Morgan fingerprint density at radius 3 is 2.67 bits per heavy atom. The molecule has 1 aromatic carbocycles. The lowest BCUT2D eigenvalue weighted by atomic mass is 9.45. The van der Waals surface area contributed by atoms with Crippen molar-refractivity contribution in [3.8, 4) is 0 Å². The summed E-state index contributed by atoms with van der Waals surface area (Å²) in [6.07, 6.45) is 4.30. The van der Waals surface area contributed by atoms with Crippen LogP contribution in [0.4, 0.5) is 0 Å². The van der Waals surface area contributed by atoms with Crippen LogP contribution in [0.5, 0.6) is 0 Å². The van der Waals surface area contributed by atoms with E-state index in [9.17, 15) is 14.7 Å². The Labute approximate surface area is 141 Å². The standard InChI is InChI=1S/C19H23NO4/c21-16(19(17(22)23)11-18(12-19)6-3-7-18)20-8-14-10-24-9-13-4-1-2-5-15(13)14/h1-2,4-5,14H,3,6-12H2,(H,20,21)(H,22,23). The molecule has 4 rings (SSSR count). The van der Waals surface area contributed by atoms with E-state index in [0.29, 0.717) is 32.6 Å². The molecule has 3 aliphatic rings. The first-order valence-electron chi connectivity index (χ1n) is 8.72. The highest BCUT2D eigenvalue weighted by Crippen LogP contribution is 2.64. The van der Waals surface area contributed by atoms with Crippen molar-refractivity contribution < 1.29 is 19.4 Å². The van der Waals surface area contributed by atoms with Crippen molar-refractivity contribution in [1.29, 1.82) is 0 Å². The van der Waals surface area contributed by atoms with E-state index in [2.05, 4.69) is 11.4 Å². The van der Waals surface area contributed by atoms with Gasteiger partial charge < -0.3 is 15.2 Å². The van der Waals surface area contributed by atoms with Gasteiger partial charge in [0.1, 0.15) is 5.41 Å². The van der Waals surface area contributed by atoms with E-state index in [-0.39, 0.29) is 17.2 Å². The number of aliphatic carboxylic acids is 1. The molecule has 0 saturated heterocycles. The van der Waals surface area contributed by atoms with Gasteiger partial charge in [-0.1, -0.05) is 30.7 Å². The van der Waals surface area contributed by atoms with Crippen LogP contribution < -0.4 is 5.32 Å². The van der Waals surface area contributed by atoms with E-state index in [1.54, 1.807) is 0 Å². The molecule has 5 heteroatoms. The minimum absolute atomic E-state index is 0.0856. The van der Waals surface area contributed by atoms with Crippen LogP contribution in [0.15, 0.2) is 24.3 Å². The summed E-state index contributed by atoms with van der Waals surface area (Å²) >= 11 is 0. The van der Waals surface area contributed by atoms with Gasteiger partial charge in [-0.15, -0.1) is 0 Å². The molecule has 2 N–H and O–H groups in total. The van der Waals surface area contributed by atoms with E-state index in [1.807, 2.05) is 18.2 Å². The van der Waals surface area contributed by atoms with E-state index < -0.39 is 11.4 Å². The van der Waals surface area contributed by atoms with Crippen LogP contribution in [0.25, 0.3) is 0 Å². The van der Waals surface area contributed by atoms with Gasteiger partial charge in [0.15, 0.2) is 0 Å². The lowest BCUT2D eigenvalue weighted by Gasteiger charge is -2.58. The molecule has 5 nitrogen and oxygen atoms in total. The maximum absolute atomic E-state index is 12.6. The monoisotopic (exact) mass is 329 g/mol. The molecule has 1 amide bonds. The topological polar surface area (TPSA) is 75.6 Å². The van der Waals surface area contributed by atoms with Crippen molar-refractivity contribution in [3.63, 3.8) is 0 Å². The fourth-order valence-corrected chi connectivity index (χ4v) is 4.69. The lowest BCUT2D eigenvalue weighted by molar-refractivity contribution is -0.181. The molecule has 2 saturated carbocycles. The van der Waals surface area contributed by atoms with E-state index in [4.69, 9.17) is 4.74 Å². The first kappa shape index (κ1) is 15.6. The van der Waals surface area contributed by atoms with Gasteiger partial charge in [-0.25, -0.2) is 0 Å². The largest absolute Gasteiger partial charge is 0.480 e. The normalized spacial score (nSPS) is 25.9. The average Bonchev–Trinajstić information content (AvgIpc) is 2.50. The second kappa shape index (κ2) is 5.59. The molecule has 128 valence electrons. The van der Waals surface area contributed by atoms with E-state index >= 15 is 0 Å². The fourth-order valence-electron chi connectivity index (χ4n) is 4.69. The Kier molecular flexibility index (Phi) is 3.64. The van der Waals surface area contributed by atoms with Crippen molar-refractivity contribution in [2.75, 3.05) is 13.2 Å². The summed E-state index contributed by atoms with van der Waals surface area (Å²) in [5, 5.41) is 12.5. The van der Waals surface area contributed by atoms with Gasteiger partial charge >= 0.3 is 5.97 Å². The smallest absolute Gasteiger partial charge is 0.319 e. The molecular formula is C19H23NO4. The van der Waals surface area contributed by atoms with Gasteiger partial charge in [0.25, 0.3) is 0 Å². The zero-order chi connectivity index (χ0) is 16.8. The molecule has 0 bridgehead atoms. The Morgan fingerprint density at radius 2 is 2.00 bits per heavy atom. The quantitative estimate of drug-likeness (QED) is 0.832. The van der Waals surface area contributed by atoms with Crippen LogP contribution in [0.3, 0.4) is 0 Å². The number of benzene rings is 1. The summed E-state index contributed by atoms with van der Waals surface area (Å²) < 4.78 is 5.61. The van der Waals surface area contributed by atoms with Crippen LogP contribution in [0.2, 0.25) is 0 Å². The van der Waals surface area contributed by atoms with E-state index in [0.717, 1.165) is 24.8 Å². The number of carbonyl (C=O) groups excluding carboxylic acids is 1. The van der Waals surface area contributed by atoms with Gasteiger partial charge in [0.05, 0.1) is 13.2 Å². The summed E-state index contributed by atoms with van der Waals surface area (Å²) in [6.45, 7) is 1.58. The second-order valence-corrected chi connectivity index (χ2v) is 7.72. The minimum atomic E-state index is -1.21. The number of carboxylic acids is 1. The number of amides is 1. The minimum Gasteiger partial charge on any atom is -0.480 e. The maximum atomic E-state index is 12.6. The SMILES string of the molecule is O=C(O)C1(C(=O)NCC2COCc3ccccc32)CC2(CCC2)C1. The highest BCUT2D eigenvalue weighted by atomic mass is 16.5. The van der Waals surface area contributed by atoms with Crippen LogP contribution >= 0.6 is 0 Å². The third kappa shape index (κ3) is 2.34. The molecule has 0 radical (unpaired) electrons. The Bertz CT molecular complexity index is 672. The molecule has 1 aromatic rings. The molecule has 1 atom stereocenters. The zero-order valence-corrected chi connectivity index (χ0v) is 13.7. The molecule has 1 heterocycles. The van der Waals surface area contributed by atoms with Crippen molar-refractivity contribution in [2.45, 2.75) is 44.6 Å². The molecule has 2 fully saturated rings. The summed E-state index contributed by atoms with van der Waals surface area (Å²) in [6, 6.07) is 8.07. The number of hydrogen-bond acceptors (Lipinski definition) is 3. The molecule has 1 spiro atoms. The predicted octanol–water partition coefficient (Wildman–Crippen LogP) is 2.45. The van der Waals surface area contributed by atoms with Gasteiger partial charge in [-0.3, -0.25) is 9.59 Å². The number of rotatable bonds is 4. The van der Waals surface area contributed by atoms with Crippen LogP contribution in [-0.2, 0) is 20.9 Å². The molecular weight excluding hydrogens is 306 g/mol. The van der Waals surface area contributed by atoms with Crippen LogP contribution in [0.1, 0.15) is 49.1 Å². The second-order valence-electron chi connectivity index (χ2n) is 7.72. The number of fused-ring (bicyclic) bond motifs is 1. The Hall–Kier alpha value is -1.88. The highest BCUT2D eigenvalue weighted by Gasteiger charge is 2.64. The number of ether oxygens (including phenoxy) is 1. The molecule has 1 unspecified atom stereocenters. The molecule has 1 aliphatic heterocycles. The van der Waals surface area contributed by atoms with Gasteiger partial charge in [-0.05, 0) is 42.2 Å². The fraction of sp³-hybridized carbons (Fsp3) is 0.579. The predicted molar refractivity (Wildman–Crippen MR) is 87.4 cm³/mol. The third-order valence-corrected chi connectivity index (χ3v) is 6.19. The van der Waals surface area contributed by atoms with E-state index in [1.165, 1.54) is 5.56 Å². The van der Waals surface area contributed by atoms with Crippen LogP contribution in [0, 0.1) is 10.8 Å². The third-order valence-electron chi connectivity index (χ3n) is 6.19.